The number of nitrogens with two attached hydrogens (primary N) is 2. The van der Waals surface area contributed by atoms with E-state index >= 15 is 0 Å². The second kappa shape index (κ2) is 9.40. The average Bonchev–Trinajstić information content (AvgIpc) is 3.13. The highest BCUT2D eigenvalue weighted by Crippen LogP contribution is 2.72. The fourth-order valence-corrected chi connectivity index (χ4v) is 7.29. The largest absolute Gasteiger partial charge is 0.471 e. The number of halogens is 3. The van der Waals surface area contributed by atoms with Crippen LogP contribution in [-0.4, -0.2) is 63.2 Å². The van der Waals surface area contributed by atoms with E-state index in [4.69, 9.17) is 11.5 Å². The number of nitrogens with zero attached hydrogens (tertiary/aromatic N) is 1. The molecule has 6 N–H and O–H groups in total. The first-order chi connectivity index (χ1) is 18.6. The summed E-state index contributed by atoms with van der Waals surface area (Å²) in [5.41, 5.74) is 7.80. The second-order valence-electron chi connectivity index (χ2n) is 13.3. The molecule has 0 radical (unpaired) electrons. The first-order valence-electron chi connectivity index (χ1n) is 13.7. The van der Waals surface area contributed by atoms with Crippen LogP contribution in [0, 0.1) is 22.7 Å². The molecule has 3 aliphatic rings. The molecule has 226 valence electrons. The monoisotopic (exact) mass is 581 g/mol. The van der Waals surface area contributed by atoms with Gasteiger partial charge in [0.2, 0.25) is 11.8 Å². The van der Waals surface area contributed by atoms with Gasteiger partial charge in [0.25, 0.3) is 5.56 Å². The Bertz CT molecular complexity index is 1380. The molecule has 2 aliphatic carbocycles. The van der Waals surface area contributed by atoms with Gasteiger partial charge in [0.05, 0.1) is 17.0 Å². The maximum absolute atomic E-state index is 14.1. The van der Waals surface area contributed by atoms with Crippen molar-refractivity contribution in [2.45, 2.75) is 90.5 Å². The molecular formula is C28H38F3N5O5. The van der Waals surface area contributed by atoms with Crippen LogP contribution in [0.25, 0.3) is 0 Å². The third-order valence-corrected chi connectivity index (χ3v) is 9.74. The lowest BCUT2D eigenvalue weighted by Gasteiger charge is -2.49. The van der Waals surface area contributed by atoms with Gasteiger partial charge < -0.3 is 26.7 Å². The van der Waals surface area contributed by atoms with E-state index < -0.39 is 75.0 Å². The smallest absolute Gasteiger partial charge is 0.368 e. The zero-order chi connectivity index (χ0) is 31.1. The van der Waals surface area contributed by atoms with E-state index in [1.807, 2.05) is 0 Å². The Morgan fingerprint density at radius 3 is 2.24 bits per heavy atom. The van der Waals surface area contributed by atoms with Gasteiger partial charge in [-0.2, -0.15) is 13.2 Å². The number of alkyl halides is 3. The van der Waals surface area contributed by atoms with E-state index in [9.17, 15) is 37.1 Å². The predicted octanol–water partition coefficient (Wildman–Crippen LogP) is 1.59. The lowest BCUT2D eigenvalue weighted by molar-refractivity contribution is -0.176. The molecule has 2 heterocycles. The molecule has 5 atom stereocenters. The Kier molecular flexibility index (Phi) is 7.04. The Hall–Kier alpha value is -3.22. The standard InChI is InChI=1S/C28H38F3N5O5/c1-13(18(37)15-11-14-9-7-8-10-16(14)34-20(15)38)26(22(32)40)27(33)17(25(27,5)6)12-36(26)21(39)19(24(2,3)4)35-23(41)28(29,30)31/h11,13,17,19H,7-10,12,33H2,1-6H3,(H2,32,40)(H,34,38)(H,35,41)/t13?,17?,19-,26?,27?/m1/s1. The Morgan fingerprint density at radius 2 is 1.71 bits per heavy atom. The molecule has 1 saturated carbocycles. The summed E-state index contributed by atoms with van der Waals surface area (Å²) < 4.78 is 39.7. The van der Waals surface area contributed by atoms with E-state index in [0.717, 1.165) is 29.0 Å². The number of rotatable bonds is 6. The van der Waals surface area contributed by atoms with Crippen LogP contribution in [0.5, 0.6) is 0 Å². The fourth-order valence-electron chi connectivity index (χ4n) is 7.29. The third-order valence-electron chi connectivity index (χ3n) is 9.74. The van der Waals surface area contributed by atoms with E-state index in [1.54, 1.807) is 19.2 Å². The Morgan fingerprint density at radius 1 is 1.12 bits per heavy atom. The number of aryl methyl sites for hydroxylation is 2. The van der Waals surface area contributed by atoms with Gasteiger partial charge in [0, 0.05) is 18.2 Å². The molecule has 0 aromatic carbocycles. The van der Waals surface area contributed by atoms with E-state index in [1.165, 1.54) is 33.8 Å². The van der Waals surface area contributed by atoms with Gasteiger partial charge in [-0.25, -0.2) is 0 Å². The zero-order valence-corrected chi connectivity index (χ0v) is 24.1. The zero-order valence-electron chi connectivity index (χ0n) is 24.1. The van der Waals surface area contributed by atoms with Gasteiger partial charge in [0.15, 0.2) is 5.78 Å². The molecular weight excluding hydrogens is 543 g/mol. The topological polar surface area (TPSA) is 168 Å². The van der Waals surface area contributed by atoms with Crippen LogP contribution in [0.2, 0.25) is 0 Å². The number of ketones is 1. The molecule has 3 amide bonds. The molecule has 1 aromatic rings. The number of carbonyl (C=O) groups is 4. The highest BCUT2D eigenvalue weighted by molar-refractivity contribution is 6.06. The number of aromatic amines is 1. The van der Waals surface area contributed by atoms with E-state index in [0.29, 0.717) is 12.8 Å². The maximum atomic E-state index is 14.1. The van der Waals surface area contributed by atoms with Crippen molar-refractivity contribution in [3.8, 4) is 0 Å². The first-order valence-corrected chi connectivity index (χ1v) is 13.7. The summed E-state index contributed by atoms with van der Waals surface area (Å²) in [4.78, 5) is 70.5. The van der Waals surface area contributed by atoms with Crippen molar-refractivity contribution in [1.82, 2.24) is 15.2 Å². The van der Waals surface area contributed by atoms with Crippen LogP contribution in [-0.2, 0) is 27.2 Å². The van der Waals surface area contributed by atoms with Crippen molar-refractivity contribution < 1.29 is 32.3 Å². The minimum absolute atomic E-state index is 0.183. The molecule has 4 rings (SSSR count). The number of Topliss-reactive ketones (excluding diaryl/α,β-unsaturated/α-hetero) is 1. The number of likely N-dealkylation sites (tertiary alicyclic amines) is 1. The van der Waals surface area contributed by atoms with Gasteiger partial charge in [-0.1, -0.05) is 41.5 Å². The Balaban J connectivity index is 1.85. The van der Waals surface area contributed by atoms with Crippen molar-refractivity contribution in [2.75, 3.05) is 6.54 Å². The predicted molar refractivity (Wildman–Crippen MR) is 142 cm³/mol. The molecule has 2 fully saturated rings. The van der Waals surface area contributed by atoms with Crippen molar-refractivity contribution >= 4 is 23.5 Å². The number of aromatic nitrogens is 1. The summed E-state index contributed by atoms with van der Waals surface area (Å²) in [6, 6.07) is -0.239. The number of piperidine rings is 1. The summed E-state index contributed by atoms with van der Waals surface area (Å²) >= 11 is 0. The lowest BCUT2D eigenvalue weighted by atomic mass is 9.69. The number of amides is 3. The number of H-pyrrole nitrogens is 1. The summed E-state index contributed by atoms with van der Waals surface area (Å²) in [6.45, 7) is 9.06. The lowest BCUT2D eigenvalue weighted by Crippen LogP contribution is -2.75. The highest BCUT2D eigenvalue weighted by atomic mass is 19.4. The van der Waals surface area contributed by atoms with Gasteiger partial charge in [0.1, 0.15) is 11.6 Å². The molecule has 13 heteroatoms. The average molecular weight is 582 g/mol. The van der Waals surface area contributed by atoms with Gasteiger partial charge in [-0.05, 0) is 48.1 Å². The normalized spacial score (nSPS) is 28.2. The van der Waals surface area contributed by atoms with Crippen LogP contribution in [0.3, 0.4) is 0 Å². The van der Waals surface area contributed by atoms with Gasteiger partial charge in [-0.3, -0.25) is 24.0 Å². The Labute approximate surface area is 235 Å². The molecule has 41 heavy (non-hydrogen) atoms. The molecule has 1 aromatic heterocycles. The van der Waals surface area contributed by atoms with Crippen molar-refractivity contribution in [1.29, 1.82) is 0 Å². The van der Waals surface area contributed by atoms with Crippen LogP contribution >= 0.6 is 0 Å². The summed E-state index contributed by atoms with van der Waals surface area (Å²) in [7, 11) is 0. The summed E-state index contributed by atoms with van der Waals surface area (Å²) in [5.74, 6) is -7.22. The van der Waals surface area contributed by atoms with Gasteiger partial charge >= 0.3 is 12.1 Å². The quantitative estimate of drug-likeness (QED) is 0.372. The summed E-state index contributed by atoms with van der Waals surface area (Å²) in [5, 5.41) is 1.77. The second-order valence-corrected chi connectivity index (χ2v) is 13.3. The van der Waals surface area contributed by atoms with Crippen LogP contribution in [0.15, 0.2) is 10.9 Å². The highest BCUT2D eigenvalue weighted by Gasteiger charge is 2.87. The number of carbonyl (C=O) groups excluding carboxylic acids is 4. The van der Waals surface area contributed by atoms with Crippen LogP contribution in [0.4, 0.5) is 13.2 Å². The number of primary amides is 1. The number of fused-ring (bicyclic) bond motifs is 2. The molecule has 0 bridgehead atoms. The number of hydrogen-bond acceptors (Lipinski definition) is 6. The number of pyridine rings is 1. The maximum Gasteiger partial charge on any atom is 0.471 e. The minimum atomic E-state index is -5.27. The first kappa shape index (κ1) is 30.7. The number of hydrogen-bond donors (Lipinski definition) is 4. The molecule has 1 aliphatic heterocycles. The molecule has 0 spiro atoms. The van der Waals surface area contributed by atoms with E-state index in [-0.39, 0.29) is 12.1 Å². The van der Waals surface area contributed by atoms with Gasteiger partial charge in [-0.15, -0.1) is 0 Å². The fraction of sp³-hybridized carbons (Fsp3) is 0.679. The molecule has 10 nitrogen and oxygen atoms in total. The van der Waals surface area contributed by atoms with Crippen LogP contribution in [0.1, 0.15) is 76.0 Å². The number of nitrogens with one attached hydrogen (secondary N) is 2. The van der Waals surface area contributed by atoms with Crippen molar-refractivity contribution in [3.63, 3.8) is 0 Å². The van der Waals surface area contributed by atoms with E-state index in [2.05, 4.69) is 4.98 Å². The summed E-state index contributed by atoms with van der Waals surface area (Å²) in [6.07, 6.45) is -2.21. The molecule has 1 saturated heterocycles. The minimum Gasteiger partial charge on any atom is -0.368 e. The molecule has 4 unspecified atom stereocenters. The van der Waals surface area contributed by atoms with Crippen molar-refractivity contribution in [3.05, 3.63) is 33.2 Å². The van der Waals surface area contributed by atoms with Crippen molar-refractivity contribution in [2.24, 2.45) is 34.1 Å². The van der Waals surface area contributed by atoms with Crippen LogP contribution < -0.4 is 22.3 Å². The SMILES string of the molecule is CC(C(=O)c1cc2c([nH]c1=O)CCCC2)C1(C(N)=O)N(C(=O)[C@@H](NC(=O)C(F)(F)F)C(C)(C)C)CC2C(C)(C)C21N. The third kappa shape index (κ3) is 4.29.